The molecule has 1 aliphatic heterocycles. The molecule has 2 bridgehead atoms. The zero-order valence-corrected chi connectivity index (χ0v) is 18.3. The Morgan fingerprint density at radius 3 is 2.57 bits per heavy atom. The predicted molar refractivity (Wildman–Crippen MR) is 108 cm³/mol. The van der Waals surface area contributed by atoms with Gasteiger partial charge in [0.2, 0.25) is 0 Å². The summed E-state index contributed by atoms with van der Waals surface area (Å²) in [4.78, 5) is 14.2. The number of rotatable bonds is 1. The van der Waals surface area contributed by atoms with Crippen molar-refractivity contribution in [1.29, 1.82) is 0 Å². The lowest BCUT2D eigenvalue weighted by molar-refractivity contribution is -0.293. The minimum Gasteiger partial charge on any atom is -0.383 e. The van der Waals surface area contributed by atoms with Crippen LogP contribution in [0.15, 0.2) is 23.3 Å². The minimum atomic E-state index is -1.37. The van der Waals surface area contributed by atoms with Crippen molar-refractivity contribution in [1.82, 2.24) is 5.32 Å². The zero-order chi connectivity index (χ0) is 20.7. The van der Waals surface area contributed by atoms with Crippen LogP contribution in [0.5, 0.6) is 0 Å². The van der Waals surface area contributed by atoms with Gasteiger partial charge in [-0.2, -0.15) is 0 Å². The van der Waals surface area contributed by atoms with Crippen LogP contribution >= 0.6 is 0 Å². The Morgan fingerprint density at radius 1 is 1.25 bits per heavy atom. The van der Waals surface area contributed by atoms with Crippen LogP contribution in [0, 0.1) is 22.7 Å². The molecule has 1 spiro atoms. The van der Waals surface area contributed by atoms with E-state index in [2.05, 4.69) is 38.2 Å². The molecular weight excluding hydrogens is 354 g/mol. The highest BCUT2D eigenvalue weighted by Gasteiger charge is 2.71. The summed E-state index contributed by atoms with van der Waals surface area (Å²) >= 11 is 0. The van der Waals surface area contributed by atoms with E-state index >= 15 is 0 Å². The van der Waals surface area contributed by atoms with Crippen molar-refractivity contribution < 1.29 is 19.4 Å². The summed E-state index contributed by atoms with van der Waals surface area (Å²) in [6.45, 7) is 12.7. The SMILES string of the molecule is CNC1C(C)=CC23CCC(C)C(C)(C)C(C=C4COC(C)(C)OC4C12O)C3=O. The first-order valence-corrected chi connectivity index (χ1v) is 10.6. The maximum absolute atomic E-state index is 14.2. The van der Waals surface area contributed by atoms with E-state index in [9.17, 15) is 9.90 Å². The second-order valence-electron chi connectivity index (χ2n) is 10.4. The van der Waals surface area contributed by atoms with E-state index in [4.69, 9.17) is 9.47 Å². The summed E-state index contributed by atoms with van der Waals surface area (Å²) in [5, 5.41) is 15.7. The van der Waals surface area contributed by atoms with Crippen molar-refractivity contribution >= 4 is 5.78 Å². The molecule has 5 heteroatoms. The quantitative estimate of drug-likeness (QED) is 0.675. The van der Waals surface area contributed by atoms with Gasteiger partial charge in [0.1, 0.15) is 11.7 Å². The van der Waals surface area contributed by atoms with Crippen LogP contribution < -0.4 is 5.32 Å². The summed E-state index contributed by atoms with van der Waals surface area (Å²) in [6.07, 6.45) is 5.08. The third-order valence-electron chi connectivity index (χ3n) is 8.24. The number of ketones is 1. The largest absolute Gasteiger partial charge is 0.383 e. The number of carbonyl (C=O) groups excluding carboxylic acids is 1. The third kappa shape index (κ3) is 2.36. The molecule has 1 saturated heterocycles. The molecule has 156 valence electrons. The molecule has 1 saturated carbocycles. The molecule has 2 fully saturated rings. The Kier molecular flexibility index (Phi) is 4.35. The van der Waals surface area contributed by atoms with E-state index in [1.165, 1.54) is 0 Å². The number of carbonyl (C=O) groups is 1. The first-order valence-electron chi connectivity index (χ1n) is 10.6. The number of hydrogen-bond donors (Lipinski definition) is 2. The predicted octanol–water partition coefficient (Wildman–Crippen LogP) is 2.98. The van der Waals surface area contributed by atoms with Gasteiger partial charge in [-0.05, 0) is 57.6 Å². The van der Waals surface area contributed by atoms with Crippen molar-refractivity contribution in [3.05, 3.63) is 23.3 Å². The van der Waals surface area contributed by atoms with E-state index in [0.717, 1.165) is 17.6 Å². The number of Topliss-reactive ketones (excluding diaryl/α,β-unsaturated/α-hetero) is 1. The Bertz CT molecular complexity index is 767. The average molecular weight is 390 g/mol. The number of hydrogen-bond acceptors (Lipinski definition) is 5. The zero-order valence-electron chi connectivity index (χ0n) is 18.3. The van der Waals surface area contributed by atoms with Crippen molar-refractivity contribution in [3.8, 4) is 0 Å². The fraction of sp³-hybridized carbons (Fsp3) is 0.783. The molecular formula is C23H35NO4. The molecule has 0 aromatic heterocycles. The molecule has 0 amide bonds. The van der Waals surface area contributed by atoms with Crippen LogP contribution in [-0.2, 0) is 14.3 Å². The first-order chi connectivity index (χ1) is 12.9. The highest BCUT2D eigenvalue weighted by molar-refractivity contribution is 5.94. The first kappa shape index (κ1) is 20.3. The van der Waals surface area contributed by atoms with Gasteiger partial charge in [-0.25, -0.2) is 0 Å². The minimum absolute atomic E-state index is 0.129. The highest BCUT2D eigenvalue weighted by Crippen LogP contribution is 2.61. The lowest BCUT2D eigenvalue weighted by atomic mass is 9.62. The molecule has 4 rings (SSSR count). The molecule has 0 aromatic carbocycles. The monoisotopic (exact) mass is 389 g/mol. The van der Waals surface area contributed by atoms with Crippen LogP contribution in [-0.4, -0.2) is 48.1 Å². The Balaban J connectivity index is 2.00. The molecule has 0 radical (unpaired) electrons. The molecule has 5 nitrogen and oxygen atoms in total. The summed E-state index contributed by atoms with van der Waals surface area (Å²) in [6, 6.07) is -0.339. The van der Waals surface area contributed by atoms with E-state index in [1.807, 2.05) is 27.8 Å². The van der Waals surface area contributed by atoms with Crippen molar-refractivity contribution in [3.63, 3.8) is 0 Å². The summed E-state index contributed by atoms with van der Waals surface area (Å²) < 4.78 is 12.3. The average Bonchev–Trinajstić information content (AvgIpc) is 2.76. The standard InChI is InChI=1S/C23H35NO4/c1-13-11-22-9-8-14(2)20(3,4)16(18(22)25)10-15-12-27-21(5,6)28-19(15)23(22,26)17(13)24-7/h10-11,14,16-17,19,24,26H,8-9,12H2,1-7H3. The van der Waals surface area contributed by atoms with Crippen LogP contribution in [0.2, 0.25) is 0 Å². The fourth-order valence-corrected chi connectivity index (χ4v) is 6.17. The smallest absolute Gasteiger partial charge is 0.164 e. The lowest BCUT2D eigenvalue weighted by Crippen LogP contribution is -2.68. The van der Waals surface area contributed by atoms with Gasteiger partial charge in [-0.1, -0.05) is 38.5 Å². The number of aliphatic hydroxyl groups is 1. The number of likely N-dealkylation sites (N-methyl/N-ethyl adjacent to an activating group) is 1. The van der Waals surface area contributed by atoms with Gasteiger partial charge in [-0.15, -0.1) is 0 Å². The molecule has 3 aliphatic carbocycles. The van der Waals surface area contributed by atoms with E-state index in [-0.39, 0.29) is 23.2 Å². The molecule has 1 heterocycles. The maximum Gasteiger partial charge on any atom is 0.164 e. The molecule has 4 aliphatic rings. The summed E-state index contributed by atoms with van der Waals surface area (Å²) in [7, 11) is 1.85. The van der Waals surface area contributed by atoms with Gasteiger partial charge in [0.15, 0.2) is 11.6 Å². The number of ether oxygens (including phenoxy) is 2. The fourth-order valence-electron chi connectivity index (χ4n) is 6.17. The molecule has 0 aromatic rings. The van der Waals surface area contributed by atoms with Crippen molar-refractivity contribution in [2.45, 2.75) is 77.9 Å². The van der Waals surface area contributed by atoms with Crippen LogP contribution in [0.25, 0.3) is 0 Å². The summed E-state index contributed by atoms with van der Waals surface area (Å²) in [5.41, 5.74) is -0.611. The van der Waals surface area contributed by atoms with E-state index in [1.54, 1.807) is 0 Å². The molecule has 28 heavy (non-hydrogen) atoms. The normalized spacial score (nSPS) is 46.6. The van der Waals surface area contributed by atoms with Gasteiger partial charge in [-0.3, -0.25) is 4.79 Å². The number of nitrogens with one attached hydrogen (secondary N) is 1. The van der Waals surface area contributed by atoms with Crippen LogP contribution in [0.1, 0.15) is 54.4 Å². The van der Waals surface area contributed by atoms with E-state index < -0.39 is 22.9 Å². The Hall–Kier alpha value is -1.01. The maximum atomic E-state index is 14.2. The van der Waals surface area contributed by atoms with Gasteiger partial charge in [0.25, 0.3) is 0 Å². The van der Waals surface area contributed by atoms with Gasteiger partial charge < -0.3 is 19.9 Å². The van der Waals surface area contributed by atoms with Crippen LogP contribution in [0.4, 0.5) is 0 Å². The van der Waals surface area contributed by atoms with Crippen molar-refractivity contribution in [2.24, 2.45) is 22.7 Å². The van der Waals surface area contributed by atoms with Crippen LogP contribution in [0.3, 0.4) is 0 Å². The number of fused-ring (bicyclic) bond motifs is 3. The van der Waals surface area contributed by atoms with Gasteiger partial charge in [0, 0.05) is 5.92 Å². The van der Waals surface area contributed by atoms with Gasteiger partial charge in [0.05, 0.1) is 18.1 Å². The van der Waals surface area contributed by atoms with Crippen molar-refractivity contribution in [2.75, 3.05) is 13.7 Å². The Morgan fingerprint density at radius 2 is 1.93 bits per heavy atom. The highest BCUT2D eigenvalue weighted by atomic mass is 16.7. The Labute approximate surface area is 168 Å². The molecule has 6 unspecified atom stereocenters. The molecule has 6 atom stereocenters. The second kappa shape index (κ2) is 6.00. The van der Waals surface area contributed by atoms with Gasteiger partial charge >= 0.3 is 0 Å². The number of allylic oxidation sites excluding steroid dienone is 1. The second-order valence-corrected chi connectivity index (χ2v) is 10.4. The lowest BCUT2D eigenvalue weighted by Gasteiger charge is -2.51. The topological polar surface area (TPSA) is 67.8 Å². The molecule has 2 N–H and O–H groups in total. The third-order valence-corrected chi connectivity index (χ3v) is 8.24. The van der Waals surface area contributed by atoms with E-state index in [0.29, 0.717) is 18.9 Å². The summed E-state index contributed by atoms with van der Waals surface area (Å²) in [5.74, 6) is -0.592.